The van der Waals surface area contributed by atoms with Crippen molar-refractivity contribution < 1.29 is 0 Å². The molecular formula is C58H41BN2. The zero-order chi connectivity index (χ0) is 40.5. The van der Waals surface area contributed by atoms with Crippen LogP contribution < -0.4 is 21.3 Å². The smallest absolute Gasteiger partial charge is 0.252 e. The van der Waals surface area contributed by atoms with Gasteiger partial charge >= 0.3 is 0 Å². The summed E-state index contributed by atoms with van der Waals surface area (Å²) >= 11 is 0. The van der Waals surface area contributed by atoms with Gasteiger partial charge in [-0.3, -0.25) is 0 Å². The van der Waals surface area contributed by atoms with Gasteiger partial charge in [-0.05, 0) is 126 Å². The first kappa shape index (κ1) is 34.5. The van der Waals surface area contributed by atoms with Crippen molar-refractivity contribution in [2.24, 2.45) is 0 Å². The minimum atomic E-state index is 0.00242. The monoisotopic (exact) mass is 776 g/mol. The standard InChI is InChI=1S/C58H41BN2/c1-35(2)40-24-28-47-52(33-40)61-54-31-36(3)30-53-57(54)59(50-34-48-45-20-11-10-18-43(45)44-19-12-13-21-46(44)55(48)56(47)58(50)61)49-32-41(38-16-8-5-9-17-38)25-29-51(49)60(53)42-26-22-39(23-27-42)37-14-6-4-7-15-37/h4-35H,1-3H3. The van der Waals surface area contributed by atoms with Crippen molar-refractivity contribution in [3.8, 4) is 27.9 Å². The van der Waals surface area contributed by atoms with Crippen LogP contribution in [0, 0.1) is 6.92 Å². The predicted octanol–water partition coefficient (Wildman–Crippen LogP) is 13.6. The Balaban J connectivity index is 1.20. The average molecular weight is 777 g/mol. The highest BCUT2D eigenvalue weighted by Crippen LogP contribution is 2.47. The fourth-order valence-electron chi connectivity index (χ4n) is 11.0. The molecule has 0 unspecified atom stereocenters. The van der Waals surface area contributed by atoms with E-state index in [0.717, 1.165) is 5.69 Å². The molecule has 0 saturated carbocycles. The predicted molar refractivity (Wildman–Crippen MR) is 262 cm³/mol. The van der Waals surface area contributed by atoms with E-state index in [1.54, 1.807) is 0 Å². The second-order valence-corrected chi connectivity index (χ2v) is 17.5. The lowest BCUT2D eigenvalue weighted by molar-refractivity contribution is 0.868. The van der Waals surface area contributed by atoms with Gasteiger partial charge in [0.1, 0.15) is 0 Å². The molecule has 0 aliphatic carbocycles. The molecule has 0 amide bonds. The summed E-state index contributed by atoms with van der Waals surface area (Å²) in [5.41, 5.74) is 19.1. The Morgan fingerprint density at radius 2 is 1.02 bits per heavy atom. The lowest BCUT2D eigenvalue weighted by atomic mass is 9.33. The summed E-state index contributed by atoms with van der Waals surface area (Å²) in [6.45, 7) is 6.90. The number of anilines is 3. The van der Waals surface area contributed by atoms with E-state index in [9.17, 15) is 0 Å². The number of benzene rings is 10. The first-order valence-electron chi connectivity index (χ1n) is 21.7. The molecule has 2 aliphatic rings. The van der Waals surface area contributed by atoms with Crippen LogP contribution in [0.4, 0.5) is 17.1 Å². The molecule has 3 heterocycles. The van der Waals surface area contributed by atoms with Gasteiger partial charge in [-0.15, -0.1) is 0 Å². The zero-order valence-corrected chi connectivity index (χ0v) is 34.4. The summed E-state index contributed by atoms with van der Waals surface area (Å²) in [5, 5.41) is 10.6. The van der Waals surface area contributed by atoms with E-state index in [4.69, 9.17) is 0 Å². The van der Waals surface area contributed by atoms with Crippen LogP contribution in [0.1, 0.15) is 30.9 Å². The largest absolute Gasteiger partial charge is 0.311 e. The third kappa shape index (κ3) is 4.86. The van der Waals surface area contributed by atoms with Gasteiger partial charge in [0.2, 0.25) is 0 Å². The van der Waals surface area contributed by atoms with Gasteiger partial charge in [-0.1, -0.05) is 166 Å². The zero-order valence-electron chi connectivity index (χ0n) is 34.4. The van der Waals surface area contributed by atoms with Crippen LogP contribution in [-0.4, -0.2) is 11.3 Å². The number of fused-ring (bicyclic) bond motifs is 14. The number of rotatable bonds is 4. The Hall–Kier alpha value is -7.36. The summed E-state index contributed by atoms with van der Waals surface area (Å²) < 4.78 is 2.65. The van der Waals surface area contributed by atoms with Crippen LogP contribution in [0.2, 0.25) is 0 Å². The van der Waals surface area contributed by atoms with Gasteiger partial charge in [0.15, 0.2) is 0 Å². The quantitative estimate of drug-likeness (QED) is 0.128. The molecule has 286 valence electrons. The SMILES string of the molecule is Cc1cc2c3c(c1)-n1c4cc(C(C)C)ccc4c4c5c6ccccc6c6ccccc6c5cc(c41)B3c1cc(-c3ccccc3)ccc1N2c1ccc(-c2ccccc2)cc1. The number of aryl methyl sites for hydroxylation is 1. The molecule has 13 rings (SSSR count). The van der Waals surface area contributed by atoms with Crippen LogP contribution in [0.3, 0.4) is 0 Å². The van der Waals surface area contributed by atoms with Gasteiger partial charge in [0.25, 0.3) is 6.71 Å². The molecule has 1 aromatic heterocycles. The third-order valence-corrected chi connectivity index (χ3v) is 13.7. The highest BCUT2D eigenvalue weighted by molar-refractivity contribution is 7.00. The van der Waals surface area contributed by atoms with Crippen molar-refractivity contribution in [3.05, 3.63) is 199 Å². The fraction of sp³-hybridized carbons (Fsp3) is 0.0690. The Morgan fingerprint density at radius 1 is 0.426 bits per heavy atom. The van der Waals surface area contributed by atoms with Crippen molar-refractivity contribution in [2.45, 2.75) is 26.7 Å². The van der Waals surface area contributed by atoms with Crippen LogP contribution in [-0.2, 0) is 0 Å². The van der Waals surface area contributed by atoms with E-state index in [-0.39, 0.29) is 6.71 Å². The molecule has 0 spiro atoms. The summed E-state index contributed by atoms with van der Waals surface area (Å²) in [7, 11) is 0. The van der Waals surface area contributed by atoms with Crippen molar-refractivity contribution >= 4 is 94.3 Å². The molecule has 0 bridgehead atoms. The highest BCUT2D eigenvalue weighted by atomic mass is 15.2. The normalized spacial score (nSPS) is 12.9. The summed E-state index contributed by atoms with van der Waals surface area (Å²) in [6.07, 6.45) is 0. The summed E-state index contributed by atoms with van der Waals surface area (Å²) in [6, 6.07) is 70.9. The number of aromatic nitrogens is 1. The van der Waals surface area contributed by atoms with Crippen molar-refractivity contribution in [2.75, 3.05) is 4.90 Å². The minimum Gasteiger partial charge on any atom is -0.311 e. The van der Waals surface area contributed by atoms with E-state index in [2.05, 4.69) is 218 Å². The van der Waals surface area contributed by atoms with Crippen LogP contribution in [0.15, 0.2) is 188 Å². The van der Waals surface area contributed by atoms with Crippen LogP contribution in [0.25, 0.3) is 82.1 Å². The maximum atomic E-state index is 2.65. The molecule has 10 aromatic carbocycles. The topological polar surface area (TPSA) is 8.17 Å². The summed E-state index contributed by atoms with van der Waals surface area (Å²) in [4.78, 5) is 2.54. The fourth-order valence-corrected chi connectivity index (χ4v) is 11.0. The molecule has 2 nitrogen and oxygen atoms in total. The second kappa shape index (κ2) is 12.8. The van der Waals surface area contributed by atoms with E-state index >= 15 is 0 Å². The van der Waals surface area contributed by atoms with Gasteiger partial charge in [0, 0.05) is 38.9 Å². The maximum absolute atomic E-state index is 2.65. The Labute approximate surface area is 356 Å². The first-order valence-corrected chi connectivity index (χ1v) is 21.7. The lowest BCUT2D eigenvalue weighted by Gasteiger charge is -2.41. The van der Waals surface area contributed by atoms with Crippen LogP contribution in [0.5, 0.6) is 0 Å². The molecule has 0 radical (unpaired) electrons. The molecule has 11 aromatic rings. The lowest BCUT2D eigenvalue weighted by Crippen LogP contribution is -2.60. The Kier molecular flexibility index (Phi) is 7.25. The highest BCUT2D eigenvalue weighted by Gasteiger charge is 2.43. The van der Waals surface area contributed by atoms with Crippen molar-refractivity contribution in [1.82, 2.24) is 4.57 Å². The van der Waals surface area contributed by atoms with E-state index in [1.165, 1.54) is 121 Å². The van der Waals surface area contributed by atoms with Gasteiger partial charge in [-0.25, -0.2) is 0 Å². The Bertz CT molecular complexity index is 3620. The minimum absolute atomic E-state index is 0.00242. The molecule has 0 atom stereocenters. The molecule has 0 saturated heterocycles. The van der Waals surface area contributed by atoms with E-state index in [0.29, 0.717) is 5.92 Å². The average Bonchev–Trinajstić information content (AvgIpc) is 3.65. The second-order valence-electron chi connectivity index (χ2n) is 17.5. The maximum Gasteiger partial charge on any atom is 0.252 e. The van der Waals surface area contributed by atoms with Gasteiger partial charge in [-0.2, -0.15) is 0 Å². The molecule has 0 fully saturated rings. The molecule has 61 heavy (non-hydrogen) atoms. The Morgan fingerprint density at radius 3 is 1.72 bits per heavy atom. The van der Waals surface area contributed by atoms with Crippen LogP contribution >= 0.6 is 0 Å². The van der Waals surface area contributed by atoms with Crippen molar-refractivity contribution in [3.63, 3.8) is 0 Å². The van der Waals surface area contributed by atoms with Gasteiger partial charge < -0.3 is 9.47 Å². The molecular weight excluding hydrogens is 735 g/mol. The molecule has 0 N–H and O–H groups in total. The van der Waals surface area contributed by atoms with E-state index < -0.39 is 0 Å². The van der Waals surface area contributed by atoms with E-state index in [1.807, 2.05) is 0 Å². The number of hydrogen-bond donors (Lipinski definition) is 0. The molecule has 3 heteroatoms. The first-order chi connectivity index (χ1) is 30.0. The summed E-state index contributed by atoms with van der Waals surface area (Å²) in [5.74, 6) is 0.400. The molecule has 2 aliphatic heterocycles. The van der Waals surface area contributed by atoms with Gasteiger partial charge in [0.05, 0.1) is 11.0 Å². The third-order valence-electron chi connectivity index (χ3n) is 13.7. The number of nitrogens with zero attached hydrogens (tertiary/aromatic N) is 2. The van der Waals surface area contributed by atoms with Crippen molar-refractivity contribution in [1.29, 1.82) is 0 Å². The number of hydrogen-bond acceptors (Lipinski definition) is 1.